The standard InChI is InChI=1S/C13H16ClN3O2S/c1-18-9(7-15)6-13-16-12(17-19-13)8-20-11-5-3-2-4-10(11)14/h2-5,9H,6-8,15H2,1H3. The monoisotopic (exact) mass is 313 g/mol. The molecule has 0 amide bonds. The molecule has 5 nitrogen and oxygen atoms in total. The molecule has 1 heterocycles. The molecule has 1 aromatic heterocycles. The van der Waals surface area contributed by atoms with Crippen LogP contribution in [0.1, 0.15) is 11.7 Å². The predicted molar refractivity (Wildman–Crippen MR) is 78.9 cm³/mol. The number of benzene rings is 1. The van der Waals surface area contributed by atoms with Gasteiger partial charge in [-0.15, -0.1) is 11.8 Å². The summed E-state index contributed by atoms with van der Waals surface area (Å²) in [6.07, 6.45) is 0.427. The van der Waals surface area contributed by atoms with Crippen molar-refractivity contribution in [2.24, 2.45) is 5.73 Å². The fourth-order valence-electron chi connectivity index (χ4n) is 1.59. The van der Waals surface area contributed by atoms with Gasteiger partial charge in [-0.2, -0.15) is 4.98 Å². The summed E-state index contributed by atoms with van der Waals surface area (Å²) in [4.78, 5) is 5.31. The molecule has 20 heavy (non-hydrogen) atoms. The van der Waals surface area contributed by atoms with Crippen LogP contribution in [0.3, 0.4) is 0 Å². The summed E-state index contributed by atoms with van der Waals surface area (Å²) in [5, 5.41) is 4.66. The Bertz CT molecular complexity index is 546. The molecule has 0 fully saturated rings. The molecule has 1 atom stereocenters. The molecule has 0 spiro atoms. The van der Waals surface area contributed by atoms with Crippen molar-refractivity contribution in [1.29, 1.82) is 0 Å². The number of methoxy groups -OCH3 is 1. The summed E-state index contributed by atoms with van der Waals surface area (Å²) < 4.78 is 10.4. The Morgan fingerprint density at radius 2 is 2.25 bits per heavy atom. The maximum atomic E-state index is 6.09. The van der Waals surface area contributed by atoms with Crippen LogP contribution in [0.4, 0.5) is 0 Å². The van der Waals surface area contributed by atoms with Crippen LogP contribution in [-0.2, 0) is 16.9 Å². The molecule has 0 aliphatic rings. The Morgan fingerprint density at radius 1 is 1.45 bits per heavy atom. The van der Waals surface area contributed by atoms with E-state index in [0.29, 0.717) is 30.4 Å². The zero-order valence-corrected chi connectivity index (χ0v) is 12.7. The first-order valence-electron chi connectivity index (χ1n) is 6.14. The third-order valence-corrected chi connectivity index (χ3v) is 4.21. The van der Waals surface area contributed by atoms with Crippen molar-refractivity contribution in [2.75, 3.05) is 13.7 Å². The normalized spacial score (nSPS) is 12.6. The molecule has 2 N–H and O–H groups in total. The van der Waals surface area contributed by atoms with Crippen molar-refractivity contribution in [3.63, 3.8) is 0 Å². The Labute approximate surface area is 126 Å². The van der Waals surface area contributed by atoms with Gasteiger partial charge in [0.15, 0.2) is 5.82 Å². The summed E-state index contributed by atoms with van der Waals surface area (Å²) in [6, 6.07) is 7.66. The highest BCUT2D eigenvalue weighted by atomic mass is 35.5. The molecule has 0 saturated carbocycles. The van der Waals surface area contributed by atoms with Crippen LogP contribution >= 0.6 is 23.4 Å². The minimum Gasteiger partial charge on any atom is -0.380 e. The average Bonchev–Trinajstić information content (AvgIpc) is 2.91. The topological polar surface area (TPSA) is 74.2 Å². The minimum absolute atomic E-state index is 0.0977. The average molecular weight is 314 g/mol. The van der Waals surface area contributed by atoms with Crippen molar-refractivity contribution in [1.82, 2.24) is 10.1 Å². The van der Waals surface area contributed by atoms with Crippen LogP contribution in [-0.4, -0.2) is 29.9 Å². The first-order chi connectivity index (χ1) is 9.72. The Kier molecular flexibility index (Phi) is 5.85. The molecule has 1 unspecified atom stereocenters. The van der Waals surface area contributed by atoms with E-state index in [4.69, 9.17) is 26.6 Å². The molecule has 2 aromatic rings. The molecule has 2 rings (SSSR count). The lowest BCUT2D eigenvalue weighted by atomic mass is 10.2. The third kappa shape index (κ3) is 4.21. The Morgan fingerprint density at radius 3 is 2.95 bits per heavy atom. The highest BCUT2D eigenvalue weighted by Gasteiger charge is 2.13. The quantitative estimate of drug-likeness (QED) is 0.792. The van der Waals surface area contributed by atoms with Crippen LogP contribution in [0.25, 0.3) is 0 Å². The van der Waals surface area contributed by atoms with Crippen LogP contribution in [0.5, 0.6) is 0 Å². The van der Waals surface area contributed by atoms with Gasteiger partial charge in [-0.1, -0.05) is 28.9 Å². The van der Waals surface area contributed by atoms with E-state index in [1.165, 1.54) is 0 Å². The van der Waals surface area contributed by atoms with Crippen LogP contribution in [0.15, 0.2) is 33.7 Å². The van der Waals surface area contributed by atoms with Gasteiger partial charge in [-0.3, -0.25) is 0 Å². The van der Waals surface area contributed by atoms with E-state index in [9.17, 15) is 0 Å². The number of hydrogen-bond donors (Lipinski definition) is 1. The van der Waals surface area contributed by atoms with Gasteiger partial charge in [0.1, 0.15) is 0 Å². The highest BCUT2D eigenvalue weighted by molar-refractivity contribution is 7.98. The highest BCUT2D eigenvalue weighted by Crippen LogP contribution is 2.28. The lowest BCUT2D eigenvalue weighted by Gasteiger charge is -2.08. The SMILES string of the molecule is COC(CN)Cc1nc(CSc2ccccc2Cl)no1. The fraction of sp³-hybridized carbons (Fsp3) is 0.385. The third-order valence-electron chi connectivity index (χ3n) is 2.70. The molecule has 0 radical (unpaired) electrons. The summed E-state index contributed by atoms with van der Waals surface area (Å²) in [6.45, 7) is 0.419. The minimum atomic E-state index is -0.0977. The maximum absolute atomic E-state index is 6.09. The molecule has 1 aromatic carbocycles. The summed E-state index contributed by atoms with van der Waals surface area (Å²) in [5.41, 5.74) is 5.56. The van der Waals surface area contributed by atoms with E-state index in [0.717, 1.165) is 9.92 Å². The van der Waals surface area contributed by atoms with E-state index in [1.54, 1.807) is 18.9 Å². The number of hydrogen-bond acceptors (Lipinski definition) is 6. The molecule has 0 aliphatic heterocycles. The van der Waals surface area contributed by atoms with Crippen molar-refractivity contribution in [3.05, 3.63) is 41.0 Å². The summed E-state index contributed by atoms with van der Waals surface area (Å²) >= 11 is 7.66. The predicted octanol–water partition coefficient (Wildman–Crippen LogP) is 2.53. The maximum Gasteiger partial charge on any atom is 0.229 e. The van der Waals surface area contributed by atoms with Gasteiger partial charge in [0.25, 0.3) is 0 Å². The van der Waals surface area contributed by atoms with E-state index >= 15 is 0 Å². The number of ether oxygens (including phenoxy) is 1. The first kappa shape index (κ1) is 15.3. The van der Waals surface area contributed by atoms with Crippen LogP contribution in [0.2, 0.25) is 5.02 Å². The van der Waals surface area contributed by atoms with Gasteiger partial charge in [-0.25, -0.2) is 0 Å². The summed E-state index contributed by atoms with van der Waals surface area (Å²) in [5.74, 6) is 1.78. The van der Waals surface area contributed by atoms with Crippen molar-refractivity contribution in [3.8, 4) is 0 Å². The zero-order valence-electron chi connectivity index (χ0n) is 11.1. The largest absolute Gasteiger partial charge is 0.380 e. The van der Waals surface area contributed by atoms with E-state index in [2.05, 4.69) is 10.1 Å². The first-order valence-corrected chi connectivity index (χ1v) is 7.51. The molecular formula is C13H16ClN3O2S. The summed E-state index contributed by atoms with van der Waals surface area (Å²) in [7, 11) is 1.61. The second-order valence-electron chi connectivity index (χ2n) is 4.12. The van der Waals surface area contributed by atoms with Crippen molar-refractivity contribution in [2.45, 2.75) is 23.2 Å². The van der Waals surface area contributed by atoms with E-state index in [1.807, 2.05) is 24.3 Å². The second kappa shape index (κ2) is 7.64. The Hall–Kier alpha value is -1.08. The lowest BCUT2D eigenvalue weighted by molar-refractivity contribution is 0.102. The number of halogens is 1. The van der Waals surface area contributed by atoms with Gasteiger partial charge in [0.2, 0.25) is 5.89 Å². The molecule has 7 heteroatoms. The number of nitrogens with zero attached hydrogens (tertiary/aromatic N) is 2. The lowest BCUT2D eigenvalue weighted by Crippen LogP contribution is -2.24. The second-order valence-corrected chi connectivity index (χ2v) is 5.55. The molecule has 0 bridgehead atoms. The number of aromatic nitrogens is 2. The van der Waals surface area contributed by atoms with E-state index < -0.39 is 0 Å². The fourth-order valence-corrected chi connectivity index (χ4v) is 2.68. The molecule has 0 aliphatic carbocycles. The van der Waals surface area contributed by atoms with E-state index in [-0.39, 0.29) is 6.10 Å². The van der Waals surface area contributed by atoms with Crippen LogP contribution in [0, 0.1) is 0 Å². The van der Waals surface area contributed by atoms with Gasteiger partial charge >= 0.3 is 0 Å². The van der Waals surface area contributed by atoms with Gasteiger partial charge < -0.3 is 15.0 Å². The van der Waals surface area contributed by atoms with Crippen molar-refractivity contribution >= 4 is 23.4 Å². The molecule has 108 valence electrons. The number of nitrogens with two attached hydrogens (primary N) is 1. The number of thioether (sulfide) groups is 1. The Balaban J connectivity index is 1.91. The smallest absolute Gasteiger partial charge is 0.229 e. The molecular weight excluding hydrogens is 298 g/mol. The zero-order chi connectivity index (χ0) is 14.4. The van der Waals surface area contributed by atoms with Gasteiger partial charge in [0.05, 0.1) is 23.3 Å². The van der Waals surface area contributed by atoms with Gasteiger partial charge in [-0.05, 0) is 12.1 Å². The molecule has 0 saturated heterocycles. The number of rotatable bonds is 7. The van der Waals surface area contributed by atoms with Gasteiger partial charge in [0, 0.05) is 18.6 Å². The van der Waals surface area contributed by atoms with Crippen molar-refractivity contribution < 1.29 is 9.26 Å². The van der Waals surface area contributed by atoms with Crippen LogP contribution < -0.4 is 5.73 Å².